The molecule has 0 unspecified atom stereocenters. The first kappa shape index (κ1) is 27.1. The molecular weight excluding hydrogens is 693 g/mol. The van der Waals surface area contributed by atoms with Crippen molar-refractivity contribution in [2.75, 3.05) is 0 Å². The molecule has 0 radical (unpaired) electrons. The van der Waals surface area contributed by atoms with E-state index in [0.717, 1.165) is 7.56 Å². The van der Waals surface area contributed by atoms with Crippen molar-refractivity contribution in [3.05, 3.63) is 107 Å². The number of carboxylic acids is 4. The van der Waals surface area contributed by atoms with Crippen LogP contribution in [0, 0.1) is 0 Å². The third kappa shape index (κ3) is 6.71. The number of hydrogen-bond acceptors (Lipinski definition) is 6. The van der Waals surface area contributed by atoms with Crippen LogP contribution in [0.4, 0.5) is 0 Å². The Kier molecular flexibility index (Phi) is 8.11. The molecule has 4 aromatic carbocycles. The average Bonchev–Trinajstić information content (AvgIpc) is 2.90. The van der Waals surface area contributed by atoms with Crippen LogP contribution in [0.25, 0.3) is 0 Å². The van der Waals surface area contributed by atoms with E-state index >= 15 is 0 Å². The number of hydrogen-bond donors (Lipinski definition) is 4. The molecule has 0 atom stereocenters. The Balaban J connectivity index is 1.40. The van der Waals surface area contributed by atoms with E-state index in [1.165, 1.54) is 36.4 Å². The van der Waals surface area contributed by atoms with Gasteiger partial charge in [0.1, 0.15) is 0 Å². The van der Waals surface area contributed by atoms with Crippen molar-refractivity contribution in [2.24, 2.45) is 0 Å². The van der Waals surface area contributed by atoms with Crippen LogP contribution in [0.5, 0.6) is 23.0 Å². The van der Waals surface area contributed by atoms with Crippen molar-refractivity contribution >= 4 is 31.4 Å². The van der Waals surface area contributed by atoms with Crippen LogP contribution >= 0.6 is 0 Å². The van der Waals surface area contributed by atoms with Gasteiger partial charge < -0.3 is 0 Å². The molecule has 0 aromatic heterocycles. The van der Waals surface area contributed by atoms with E-state index in [9.17, 15) is 29.4 Å². The molecule has 4 N–H and O–H groups in total. The summed E-state index contributed by atoms with van der Waals surface area (Å²) in [6.45, 7) is 0. The minimum atomic E-state index is -1.37. The predicted molar refractivity (Wildman–Crippen MR) is 133 cm³/mol. The molecule has 201 valence electrons. The first-order valence-corrected chi connectivity index (χ1v) is 13.1. The molecule has 0 aliphatic rings. The van der Waals surface area contributed by atoms with Crippen molar-refractivity contribution in [3.8, 4) is 23.0 Å². The third-order valence-corrected chi connectivity index (χ3v) is 7.82. The molecule has 0 aliphatic carbocycles. The maximum absolute atomic E-state index is 11.4. The van der Waals surface area contributed by atoms with Crippen LogP contribution in [0.3, 0.4) is 0 Å². The second-order valence-corrected chi connectivity index (χ2v) is 10.8. The van der Waals surface area contributed by atoms with Gasteiger partial charge in [-0.1, -0.05) is 0 Å². The summed E-state index contributed by atoms with van der Waals surface area (Å²) < 4.78 is 13.5. The molecule has 0 heterocycles. The number of carboxylic acid groups (broad SMARTS) is 4. The van der Waals surface area contributed by atoms with Gasteiger partial charge in [-0.15, -0.1) is 0 Å². The normalized spacial score (nSPS) is 10.6. The summed E-state index contributed by atoms with van der Waals surface area (Å²) in [5.74, 6) is -4.10. The fourth-order valence-corrected chi connectivity index (χ4v) is 5.52. The molecule has 0 amide bonds. The van der Waals surface area contributed by atoms with Gasteiger partial charge in [0.15, 0.2) is 0 Å². The molecule has 0 aliphatic heterocycles. The number of aromatic carboxylic acids is 4. The van der Waals surface area contributed by atoms with Gasteiger partial charge in [0, 0.05) is 0 Å². The van der Waals surface area contributed by atoms with Crippen LogP contribution in [-0.4, -0.2) is 44.3 Å². The van der Waals surface area contributed by atoms with Crippen LogP contribution in [0.15, 0.2) is 84.9 Å². The number of rotatable bonds is 10. The molecule has 0 spiro atoms. The van der Waals surface area contributed by atoms with Crippen molar-refractivity contribution in [2.45, 2.75) is 0 Å². The molecule has 11 heteroatoms. The summed E-state index contributed by atoms with van der Waals surface area (Å²) in [5.41, 5.74) is -1.39. The van der Waals surface area contributed by atoms with E-state index in [1.54, 1.807) is 24.3 Å². The minimum absolute atomic E-state index is 0.197. The Morgan fingerprint density at radius 2 is 0.744 bits per heavy atom. The Labute approximate surface area is 230 Å². The Morgan fingerprint density at radius 3 is 1.05 bits per heavy atom. The first-order chi connectivity index (χ1) is 18.6. The van der Waals surface area contributed by atoms with Crippen LogP contribution in [0.2, 0.25) is 0 Å². The van der Waals surface area contributed by atoms with E-state index < -0.39 is 43.6 Å². The molecule has 0 saturated carbocycles. The molecular formula is C28H18AuO10. The van der Waals surface area contributed by atoms with Gasteiger partial charge in [-0.05, 0) is 0 Å². The summed E-state index contributed by atoms with van der Waals surface area (Å²) in [6, 6.07) is 21.9. The van der Waals surface area contributed by atoms with E-state index in [2.05, 4.69) is 0 Å². The van der Waals surface area contributed by atoms with Gasteiger partial charge in [-0.3, -0.25) is 0 Å². The topological polar surface area (TPSA) is 168 Å². The van der Waals surface area contributed by atoms with Gasteiger partial charge in [0.25, 0.3) is 0 Å². The molecule has 0 bridgehead atoms. The summed E-state index contributed by atoms with van der Waals surface area (Å²) in [5, 5.41) is 36.8. The molecule has 39 heavy (non-hydrogen) atoms. The number of ether oxygens (including phenoxy) is 2. The van der Waals surface area contributed by atoms with E-state index in [1.807, 2.05) is 24.3 Å². The van der Waals surface area contributed by atoms with Crippen molar-refractivity contribution in [3.63, 3.8) is 0 Å². The Bertz CT molecular complexity index is 1460. The van der Waals surface area contributed by atoms with E-state index in [4.69, 9.17) is 19.7 Å². The van der Waals surface area contributed by atoms with Crippen molar-refractivity contribution < 1.29 is 68.8 Å². The zero-order valence-corrected chi connectivity index (χ0v) is 21.8. The van der Waals surface area contributed by atoms with Gasteiger partial charge >= 0.3 is 230 Å². The Hall–Kier alpha value is -4.90. The second-order valence-electron chi connectivity index (χ2n) is 7.73. The summed E-state index contributed by atoms with van der Waals surface area (Å²) >= 11 is -0.434. The van der Waals surface area contributed by atoms with Crippen molar-refractivity contribution in [1.29, 1.82) is 0 Å². The van der Waals surface area contributed by atoms with E-state index in [-0.39, 0.29) is 33.8 Å². The van der Waals surface area contributed by atoms with Gasteiger partial charge in [0.05, 0.1) is 0 Å². The third-order valence-electron chi connectivity index (χ3n) is 5.13. The SMILES string of the molecule is O=C(O)c1ccc(Oc2cc[c]([Au][c]3ccc(Oc4ccc(C(=O)O)c(C(=O)O)c4)cc3)cc2)cc1C(=O)O. The van der Waals surface area contributed by atoms with Crippen LogP contribution in [-0.2, 0) is 19.8 Å². The average molecular weight is 711 g/mol. The van der Waals surface area contributed by atoms with Crippen LogP contribution < -0.4 is 17.0 Å². The predicted octanol–water partition coefficient (Wildman–Crippen LogP) is 4.10. The fourth-order valence-electron chi connectivity index (χ4n) is 3.35. The monoisotopic (exact) mass is 711 g/mol. The van der Waals surface area contributed by atoms with Crippen molar-refractivity contribution in [1.82, 2.24) is 0 Å². The molecule has 0 saturated heterocycles. The zero-order chi connectivity index (χ0) is 28.1. The molecule has 4 aromatic rings. The first-order valence-electron chi connectivity index (χ1n) is 10.9. The summed E-state index contributed by atoms with van der Waals surface area (Å²) in [6.07, 6.45) is 0. The second kappa shape index (κ2) is 11.7. The number of benzene rings is 4. The fraction of sp³-hybridized carbons (Fsp3) is 0. The van der Waals surface area contributed by atoms with E-state index in [0.29, 0.717) is 11.5 Å². The summed E-state index contributed by atoms with van der Waals surface area (Å²) in [7, 11) is 0. The quantitative estimate of drug-likeness (QED) is 0.176. The standard InChI is InChI=1S/2C14H9O5.Au/c2*15-13(16)11-7-6-10(8-12(11)14(17)18)19-9-4-2-1-3-5-9;/h2*2-8H,(H,15,16)(H,17,18);. The van der Waals surface area contributed by atoms with Gasteiger partial charge in [-0.25, -0.2) is 0 Å². The van der Waals surface area contributed by atoms with Crippen LogP contribution in [0.1, 0.15) is 41.4 Å². The Morgan fingerprint density at radius 1 is 0.436 bits per heavy atom. The summed E-state index contributed by atoms with van der Waals surface area (Å²) in [4.78, 5) is 45.1. The van der Waals surface area contributed by atoms with Gasteiger partial charge in [0.2, 0.25) is 0 Å². The number of carbonyl (C=O) groups is 4. The van der Waals surface area contributed by atoms with Gasteiger partial charge in [-0.2, -0.15) is 0 Å². The molecule has 0 fully saturated rings. The maximum atomic E-state index is 11.4. The molecule has 4 rings (SSSR count). The zero-order valence-electron chi connectivity index (χ0n) is 19.6. The molecule has 10 nitrogen and oxygen atoms in total.